The lowest BCUT2D eigenvalue weighted by Gasteiger charge is -2.10. The molecule has 0 saturated carbocycles. The molecule has 0 saturated heterocycles. The highest BCUT2D eigenvalue weighted by Gasteiger charge is 2.06. The zero-order valence-electron chi connectivity index (χ0n) is 24.9. The number of rotatable bonds is 27. The lowest BCUT2D eigenvalue weighted by atomic mass is 10.2. The fourth-order valence-corrected chi connectivity index (χ4v) is 3.43. The number of ether oxygens (including phenoxy) is 8. The Kier molecular flexibility index (Phi) is 20.7. The van der Waals surface area contributed by atoms with Crippen LogP contribution >= 0.6 is 0 Å². The number of carbonyl (C=O) groups excluding carboxylic acids is 1. The lowest BCUT2D eigenvalue weighted by molar-refractivity contribution is -0.0201. The van der Waals surface area contributed by atoms with E-state index < -0.39 is 0 Å². The van der Waals surface area contributed by atoms with Crippen LogP contribution < -0.4 is 15.8 Å². The van der Waals surface area contributed by atoms with E-state index >= 15 is 0 Å². The molecule has 0 fully saturated rings. The van der Waals surface area contributed by atoms with Crippen molar-refractivity contribution in [1.82, 2.24) is 0 Å². The Morgan fingerprint density at radius 3 is 1.62 bits per heavy atom. The van der Waals surface area contributed by atoms with Gasteiger partial charge in [-0.1, -0.05) is 25.5 Å². The minimum Gasteiger partial charge on any atom is -0.489 e. The highest BCUT2D eigenvalue weighted by atomic mass is 16.6. The molecule has 2 rings (SSSR count). The molecule has 2 aromatic rings. The van der Waals surface area contributed by atoms with Crippen molar-refractivity contribution in [2.24, 2.45) is 0 Å². The first-order chi connectivity index (χ1) is 20.7. The van der Waals surface area contributed by atoms with Gasteiger partial charge in [-0.05, 0) is 42.8 Å². The van der Waals surface area contributed by atoms with E-state index in [9.17, 15) is 4.79 Å². The molecule has 0 amide bonds. The summed E-state index contributed by atoms with van der Waals surface area (Å²) in [7, 11) is 0. The number of carbonyl (C=O) groups is 1. The second-order valence-corrected chi connectivity index (χ2v) is 9.05. The number of nitrogen functional groups attached to an aromatic ring is 1. The molecule has 0 radical (unpaired) electrons. The van der Waals surface area contributed by atoms with Crippen LogP contribution in [0.3, 0.4) is 0 Å². The summed E-state index contributed by atoms with van der Waals surface area (Å²) in [5.74, 6) is 0.305. The summed E-state index contributed by atoms with van der Waals surface area (Å²) in [6.45, 7) is 9.21. The minimum atomic E-state index is -0.360. The van der Waals surface area contributed by atoms with E-state index in [2.05, 4.69) is 12.2 Å². The van der Waals surface area contributed by atoms with Gasteiger partial charge in [-0.3, -0.25) is 0 Å². The van der Waals surface area contributed by atoms with E-state index in [1.807, 2.05) is 30.3 Å². The van der Waals surface area contributed by atoms with E-state index in [0.29, 0.717) is 103 Å². The summed E-state index contributed by atoms with van der Waals surface area (Å²) in [6, 6.07) is 14.7. The van der Waals surface area contributed by atoms with Gasteiger partial charge in [-0.25, -0.2) is 4.79 Å². The van der Waals surface area contributed by atoms with Gasteiger partial charge in [0.05, 0.1) is 90.5 Å². The van der Waals surface area contributed by atoms with Gasteiger partial charge in [0.2, 0.25) is 0 Å². The maximum absolute atomic E-state index is 12.1. The molecule has 3 N–H and O–H groups in total. The van der Waals surface area contributed by atoms with E-state index in [-0.39, 0.29) is 12.6 Å². The zero-order valence-corrected chi connectivity index (χ0v) is 24.9. The van der Waals surface area contributed by atoms with Crippen molar-refractivity contribution in [2.45, 2.75) is 19.8 Å². The Bertz CT molecular complexity index is 931. The Morgan fingerprint density at radius 2 is 1.12 bits per heavy atom. The monoisotopic (exact) mass is 592 g/mol. The molecule has 42 heavy (non-hydrogen) atoms. The van der Waals surface area contributed by atoms with Gasteiger partial charge in [0, 0.05) is 12.2 Å². The van der Waals surface area contributed by atoms with E-state index in [4.69, 9.17) is 43.6 Å². The topological polar surface area (TPSA) is 129 Å². The molecule has 236 valence electrons. The molecule has 0 aromatic heterocycles. The van der Waals surface area contributed by atoms with Crippen molar-refractivity contribution in [3.63, 3.8) is 0 Å². The molecule has 0 aliphatic carbocycles. The molecule has 11 nitrogen and oxygen atoms in total. The molecule has 0 atom stereocenters. The number of unbranched alkanes of at least 4 members (excludes halogenated alkanes) is 1. The van der Waals surface area contributed by atoms with Crippen molar-refractivity contribution >= 4 is 17.3 Å². The number of nitrogens with two attached hydrogens (primary N) is 1. The summed E-state index contributed by atoms with van der Waals surface area (Å²) in [5, 5.41) is 3.32. The number of anilines is 2. The maximum atomic E-state index is 12.1. The largest absolute Gasteiger partial charge is 0.489 e. The molecule has 0 unspecified atom stereocenters. The smallest absolute Gasteiger partial charge is 0.338 e. The van der Waals surface area contributed by atoms with Crippen LogP contribution in [-0.2, 0) is 33.2 Å². The summed E-state index contributed by atoms with van der Waals surface area (Å²) in [4.78, 5) is 12.1. The van der Waals surface area contributed by atoms with Crippen LogP contribution in [0.5, 0.6) is 5.75 Å². The Labute approximate surface area is 249 Å². The van der Waals surface area contributed by atoms with Gasteiger partial charge in [0.25, 0.3) is 0 Å². The van der Waals surface area contributed by atoms with Crippen LogP contribution in [0, 0.1) is 0 Å². The summed E-state index contributed by atoms with van der Waals surface area (Å²) < 4.78 is 43.6. The van der Waals surface area contributed by atoms with Gasteiger partial charge in [-0.15, -0.1) is 0 Å². The van der Waals surface area contributed by atoms with Gasteiger partial charge in [0.1, 0.15) is 19.0 Å². The molecule has 0 heterocycles. The van der Waals surface area contributed by atoms with Gasteiger partial charge < -0.3 is 48.9 Å². The first-order valence-corrected chi connectivity index (χ1v) is 14.7. The van der Waals surface area contributed by atoms with Crippen molar-refractivity contribution < 1.29 is 42.7 Å². The first-order valence-electron chi connectivity index (χ1n) is 14.7. The molecule has 0 aliphatic rings. The number of para-hydroxylation sites is 2. The van der Waals surface area contributed by atoms with Crippen molar-refractivity contribution in [1.29, 1.82) is 0 Å². The van der Waals surface area contributed by atoms with Crippen LogP contribution in [0.4, 0.5) is 11.4 Å². The second kappa shape index (κ2) is 24.6. The highest BCUT2D eigenvalue weighted by Crippen LogP contribution is 2.19. The van der Waals surface area contributed by atoms with E-state index in [1.165, 1.54) is 0 Å². The summed E-state index contributed by atoms with van der Waals surface area (Å²) in [6.07, 6.45) is 2.25. The number of hydrogen-bond donors (Lipinski definition) is 2. The maximum Gasteiger partial charge on any atom is 0.338 e. The molecule has 2 aromatic carbocycles. The van der Waals surface area contributed by atoms with Gasteiger partial charge in [0.15, 0.2) is 0 Å². The van der Waals surface area contributed by atoms with Crippen molar-refractivity contribution in [2.75, 3.05) is 110 Å². The fraction of sp³-hybridized carbons (Fsp3) is 0.581. The van der Waals surface area contributed by atoms with E-state index in [1.54, 1.807) is 18.2 Å². The fourth-order valence-electron chi connectivity index (χ4n) is 3.43. The SMILES string of the molecule is CCCCNc1ccc(C(=O)OCCOCCOCCOCCOCCOCCOCCOc2ccccc2N)cc1. The van der Waals surface area contributed by atoms with Crippen LogP contribution in [0.2, 0.25) is 0 Å². The van der Waals surface area contributed by atoms with Crippen LogP contribution in [0.15, 0.2) is 48.5 Å². The first kappa shape index (κ1) is 35.3. The lowest BCUT2D eigenvalue weighted by Crippen LogP contribution is -2.15. The minimum absolute atomic E-state index is 0.193. The van der Waals surface area contributed by atoms with Gasteiger partial charge >= 0.3 is 5.97 Å². The standard InChI is InChI=1S/C31H48N2O9/c1-2-3-12-33-28-10-8-27(9-11-28)31(34)42-26-24-40-22-20-38-18-16-36-14-13-35-15-17-37-19-21-39-23-25-41-30-7-5-4-6-29(30)32/h4-11,33H,2-3,12-26,32H2,1H3. The van der Waals surface area contributed by atoms with Crippen LogP contribution in [0.1, 0.15) is 30.1 Å². The molecule has 0 bridgehead atoms. The Hall–Kier alpha value is -2.93. The Morgan fingerprint density at radius 1 is 0.643 bits per heavy atom. The van der Waals surface area contributed by atoms with Crippen molar-refractivity contribution in [3.8, 4) is 5.75 Å². The number of esters is 1. The molecule has 11 heteroatoms. The normalized spacial score (nSPS) is 11.0. The summed E-state index contributed by atoms with van der Waals surface area (Å²) in [5.41, 5.74) is 7.94. The third-order valence-electron chi connectivity index (χ3n) is 5.71. The molecular weight excluding hydrogens is 544 g/mol. The number of hydrogen-bond acceptors (Lipinski definition) is 11. The van der Waals surface area contributed by atoms with Crippen molar-refractivity contribution in [3.05, 3.63) is 54.1 Å². The third kappa shape index (κ3) is 17.8. The number of benzene rings is 2. The molecule has 0 aliphatic heterocycles. The predicted molar refractivity (Wildman–Crippen MR) is 161 cm³/mol. The summed E-state index contributed by atoms with van der Waals surface area (Å²) >= 11 is 0. The zero-order chi connectivity index (χ0) is 29.9. The number of nitrogens with one attached hydrogen (secondary N) is 1. The molecule has 0 spiro atoms. The van der Waals surface area contributed by atoms with Crippen LogP contribution in [-0.4, -0.2) is 105 Å². The Balaban J connectivity index is 1.25. The van der Waals surface area contributed by atoms with Gasteiger partial charge in [-0.2, -0.15) is 0 Å². The van der Waals surface area contributed by atoms with Crippen LogP contribution in [0.25, 0.3) is 0 Å². The molecular formula is C31H48N2O9. The average molecular weight is 593 g/mol. The predicted octanol–water partition coefficient (Wildman–Crippen LogP) is 3.82. The third-order valence-corrected chi connectivity index (χ3v) is 5.71. The quantitative estimate of drug-likeness (QED) is 0.0892. The second-order valence-electron chi connectivity index (χ2n) is 9.05. The highest BCUT2D eigenvalue weighted by molar-refractivity contribution is 5.89. The van der Waals surface area contributed by atoms with E-state index in [0.717, 1.165) is 25.1 Å². The average Bonchev–Trinajstić information content (AvgIpc) is 3.01.